The Morgan fingerprint density at radius 1 is 1.10 bits per heavy atom. The molecule has 0 aliphatic carbocycles. The number of hydrogen-bond acceptors (Lipinski definition) is 3. The van der Waals surface area contributed by atoms with Crippen LogP contribution < -0.4 is 10.1 Å². The number of amides is 1. The van der Waals surface area contributed by atoms with E-state index in [-0.39, 0.29) is 11.6 Å². The van der Waals surface area contributed by atoms with Crippen LogP contribution in [0.5, 0.6) is 11.5 Å². The van der Waals surface area contributed by atoms with Crippen LogP contribution in [-0.4, -0.2) is 10.9 Å². The van der Waals surface area contributed by atoms with E-state index < -0.39 is 17.5 Å². The summed E-state index contributed by atoms with van der Waals surface area (Å²) in [5, 5.41) is 2.79. The van der Waals surface area contributed by atoms with Gasteiger partial charge in [0.15, 0.2) is 0 Å². The summed E-state index contributed by atoms with van der Waals surface area (Å²) in [6.07, 6.45) is 4.06. The molecule has 1 amide bonds. The molecule has 0 radical (unpaired) electrons. The second-order valence-corrected chi connectivity index (χ2v) is 6.54. The Kier molecular flexibility index (Phi) is 6.34. The maximum absolute atomic E-state index is 13.6. The van der Waals surface area contributed by atoms with Gasteiger partial charge in [-0.3, -0.25) is 9.78 Å². The lowest BCUT2D eigenvalue weighted by Crippen LogP contribution is -2.24. The van der Waals surface area contributed by atoms with Crippen molar-refractivity contribution in [2.24, 2.45) is 0 Å². The number of rotatable bonds is 6. The largest absolute Gasteiger partial charge is 0.456 e. The fourth-order valence-corrected chi connectivity index (χ4v) is 2.65. The summed E-state index contributed by atoms with van der Waals surface area (Å²) in [5.74, 6) is -0.356. The van der Waals surface area contributed by atoms with Gasteiger partial charge in [-0.25, -0.2) is 8.78 Å². The molecule has 2 aromatic carbocycles. The van der Waals surface area contributed by atoms with Gasteiger partial charge in [0, 0.05) is 17.3 Å². The van der Waals surface area contributed by atoms with Crippen molar-refractivity contribution in [2.45, 2.75) is 19.9 Å². The highest BCUT2D eigenvalue weighted by atomic mass is 19.1. The highest BCUT2D eigenvalue weighted by molar-refractivity contribution is 5.92. The summed E-state index contributed by atoms with van der Waals surface area (Å²) in [7, 11) is 0. The number of aromatic nitrogens is 1. The van der Waals surface area contributed by atoms with Crippen LogP contribution in [0.15, 0.2) is 66.9 Å². The standard InChI is InChI=1S/C23H20F2N2O2/c1-15-6-9-21(14-26-15)29-20-5-3-4-17(13-20)16(2)27-23(28)11-7-18-12-19(24)8-10-22(18)25/h3-14,16H,1-2H3,(H,27,28)/b11-7+/t16-/m1/s1. The Morgan fingerprint density at radius 2 is 1.93 bits per heavy atom. The molecule has 3 rings (SSSR count). The number of halogens is 2. The molecule has 1 heterocycles. The lowest BCUT2D eigenvalue weighted by atomic mass is 10.1. The summed E-state index contributed by atoms with van der Waals surface area (Å²) in [5.41, 5.74) is 1.74. The SMILES string of the molecule is Cc1ccc(Oc2cccc([C@@H](C)NC(=O)/C=C/c3cc(F)ccc3F)c2)cn1. The van der Waals surface area contributed by atoms with E-state index in [1.54, 1.807) is 6.20 Å². The molecule has 0 bridgehead atoms. The predicted octanol–water partition coefficient (Wildman–Crippen LogP) is 5.35. The number of aryl methyl sites for hydroxylation is 1. The van der Waals surface area contributed by atoms with Gasteiger partial charge in [0.05, 0.1) is 12.2 Å². The average Bonchev–Trinajstić information content (AvgIpc) is 2.70. The Bertz CT molecular complexity index is 1030. The lowest BCUT2D eigenvalue weighted by Gasteiger charge is -2.14. The second kappa shape index (κ2) is 9.10. The van der Waals surface area contributed by atoms with Gasteiger partial charge in [-0.15, -0.1) is 0 Å². The van der Waals surface area contributed by atoms with Crippen molar-refractivity contribution in [3.05, 3.63) is 95.3 Å². The third-order valence-electron chi connectivity index (χ3n) is 4.21. The van der Waals surface area contributed by atoms with Crippen LogP contribution in [0.1, 0.15) is 29.8 Å². The van der Waals surface area contributed by atoms with Crippen LogP contribution >= 0.6 is 0 Å². The maximum Gasteiger partial charge on any atom is 0.244 e. The summed E-state index contributed by atoms with van der Waals surface area (Å²) in [6.45, 7) is 3.72. The zero-order valence-electron chi connectivity index (χ0n) is 16.0. The highest BCUT2D eigenvalue weighted by Crippen LogP contribution is 2.24. The van der Waals surface area contributed by atoms with E-state index in [1.165, 1.54) is 12.2 Å². The van der Waals surface area contributed by atoms with Crippen molar-refractivity contribution < 1.29 is 18.3 Å². The van der Waals surface area contributed by atoms with Gasteiger partial charge in [0.25, 0.3) is 0 Å². The van der Waals surface area contributed by atoms with E-state index in [2.05, 4.69) is 10.3 Å². The van der Waals surface area contributed by atoms with Crippen molar-refractivity contribution in [3.63, 3.8) is 0 Å². The van der Waals surface area contributed by atoms with Gasteiger partial charge in [-0.05, 0) is 68.0 Å². The van der Waals surface area contributed by atoms with Gasteiger partial charge in [0.2, 0.25) is 5.91 Å². The minimum atomic E-state index is -0.598. The molecule has 0 fully saturated rings. The summed E-state index contributed by atoms with van der Waals surface area (Å²) in [6, 6.07) is 13.8. The smallest absolute Gasteiger partial charge is 0.244 e. The molecule has 1 aromatic heterocycles. The Hall–Kier alpha value is -3.54. The van der Waals surface area contributed by atoms with Gasteiger partial charge in [0.1, 0.15) is 23.1 Å². The first-order valence-corrected chi connectivity index (χ1v) is 9.05. The Balaban J connectivity index is 1.64. The zero-order valence-corrected chi connectivity index (χ0v) is 16.0. The fraction of sp³-hybridized carbons (Fsp3) is 0.130. The van der Waals surface area contributed by atoms with E-state index in [0.29, 0.717) is 11.5 Å². The quantitative estimate of drug-likeness (QED) is 0.573. The molecule has 0 aliphatic rings. The molecule has 0 aliphatic heterocycles. The van der Waals surface area contributed by atoms with Crippen LogP contribution in [0.2, 0.25) is 0 Å². The first-order valence-electron chi connectivity index (χ1n) is 9.05. The Labute approximate surface area is 167 Å². The number of hydrogen-bond donors (Lipinski definition) is 1. The summed E-state index contributed by atoms with van der Waals surface area (Å²) < 4.78 is 32.6. The molecule has 6 heteroatoms. The molecule has 0 spiro atoms. The Morgan fingerprint density at radius 3 is 2.69 bits per heavy atom. The molecule has 0 saturated heterocycles. The molecule has 4 nitrogen and oxygen atoms in total. The maximum atomic E-state index is 13.6. The number of benzene rings is 2. The minimum absolute atomic E-state index is 0.00917. The fourth-order valence-electron chi connectivity index (χ4n) is 2.65. The molecule has 1 N–H and O–H groups in total. The molecule has 148 valence electrons. The molecular formula is C23H20F2N2O2. The van der Waals surface area contributed by atoms with Crippen molar-refractivity contribution in [3.8, 4) is 11.5 Å². The van der Waals surface area contributed by atoms with Crippen molar-refractivity contribution >= 4 is 12.0 Å². The van der Waals surface area contributed by atoms with Crippen LogP contribution in [0.3, 0.4) is 0 Å². The summed E-state index contributed by atoms with van der Waals surface area (Å²) >= 11 is 0. The van der Waals surface area contributed by atoms with Gasteiger partial charge < -0.3 is 10.1 Å². The third-order valence-corrected chi connectivity index (χ3v) is 4.21. The molecule has 29 heavy (non-hydrogen) atoms. The summed E-state index contributed by atoms with van der Waals surface area (Å²) in [4.78, 5) is 16.3. The molecular weight excluding hydrogens is 374 g/mol. The molecule has 3 aromatic rings. The number of nitrogens with one attached hydrogen (secondary N) is 1. The third kappa shape index (κ3) is 5.72. The van der Waals surface area contributed by atoms with Crippen LogP contribution in [0, 0.1) is 18.6 Å². The number of carbonyl (C=O) groups is 1. The number of ether oxygens (including phenoxy) is 1. The normalized spacial score (nSPS) is 12.0. The second-order valence-electron chi connectivity index (χ2n) is 6.54. The van der Waals surface area contributed by atoms with E-state index >= 15 is 0 Å². The number of nitrogens with zero attached hydrogens (tertiary/aromatic N) is 1. The van der Waals surface area contributed by atoms with Crippen molar-refractivity contribution in [1.82, 2.24) is 10.3 Å². The first-order chi connectivity index (χ1) is 13.9. The van der Waals surface area contributed by atoms with Crippen LogP contribution in [0.4, 0.5) is 8.78 Å². The van der Waals surface area contributed by atoms with Gasteiger partial charge in [-0.2, -0.15) is 0 Å². The number of pyridine rings is 1. The van der Waals surface area contributed by atoms with Crippen LogP contribution in [0.25, 0.3) is 6.08 Å². The van der Waals surface area contributed by atoms with Crippen molar-refractivity contribution in [2.75, 3.05) is 0 Å². The van der Waals surface area contributed by atoms with Gasteiger partial charge >= 0.3 is 0 Å². The van der Waals surface area contributed by atoms with Crippen LogP contribution in [-0.2, 0) is 4.79 Å². The molecule has 0 saturated carbocycles. The van der Waals surface area contributed by atoms with E-state index in [9.17, 15) is 13.6 Å². The lowest BCUT2D eigenvalue weighted by molar-refractivity contribution is -0.117. The van der Waals surface area contributed by atoms with Gasteiger partial charge in [-0.1, -0.05) is 12.1 Å². The average molecular weight is 394 g/mol. The van der Waals surface area contributed by atoms with Crippen molar-refractivity contribution in [1.29, 1.82) is 0 Å². The zero-order chi connectivity index (χ0) is 20.8. The minimum Gasteiger partial charge on any atom is -0.456 e. The highest BCUT2D eigenvalue weighted by Gasteiger charge is 2.10. The monoisotopic (exact) mass is 394 g/mol. The topological polar surface area (TPSA) is 51.2 Å². The predicted molar refractivity (Wildman–Crippen MR) is 107 cm³/mol. The van der Waals surface area contributed by atoms with E-state index in [0.717, 1.165) is 29.5 Å². The molecule has 0 unspecified atom stereocenters. The van der Waals surface area contributed by atoms with E-state index in [4.69, 9.17) is 4.74 Å². The first kappa shape index (κ1) is 20.2. The van der Waals surface area contributed by atoms with E-state index in [1.807, 2.05) is 50.2 Å². The molecule has 1 atom stereocenters. The number of carbonyl (C=O) groups excluding carboxylic acids is 1.